The fourth-order valence-electron chi connectivity index (χ4n) is 3.58. The molecule has 0 aromatic heterocycles. The van der Waals surface area contributed by atoms with Crippen LogP contribution in [0.3, 0.4) is 0 Å². The number of carbonyl (C=O) groups excluding carboxylic acids is 1. The van der Waals surface area contributed by atoms with Crippen LogP contribution in [0.1, 0.15) is 15.9 Å². The van der Waals surface area contributed by atoms with E-state index in [0.717, 1.165) is 0 Å². The zero-order valence-electron chi connectivity index (χ0n) is 18.0. The number of amides is 1. The largest absolute Gasteiger partial charge is 0.497 e. The molecule has 1 saturated heterocycles. The van der Waals surface area contributed by atoms with Crippen molar-refractivity contribution >= 4 is 21.6 Å². The molecule has 0 aliphatic carbocycles. The second kappa shape index (κ2) is 10.1. The third-order valence-electron chi connectivity index (χ3n) is 5.49. The molecular formula is C21H26N4O6S. The first-order valence-electron chi connectivity index (χ1n) is 10.1. The zero-order valence-corrected chi connectivity index (χ0v) is 18.8. The molecule has 10 nitrogen and oxygen atoms in total. The van der Waals surface area contributed by atoms with E-state index < -0.39 is 14.9 Å². The molecular weight excluding hydrogens is 436 g/mol. The Kier molecular flexibility index (Phi) is 7.44. The minimum Gasteiger partial charge on any atom is -0.497 e. The molecule has 1 heterocycles. The molecule has 2 aromatic carbocycles. The van der Waals surface area contributed by atoms with Gasteiger partial charge in [0.05, 0.1) is 16.9 Å². The Bertz CT molecular complexity index is 1080. The van der Waals surface area contributed by atoms with Crippen LogP contribution in [0.2, 0.25) is 0 Å². The van der Waals surface area contributed by atoms with Gasteiger partial charge in [0.25, 0.3) is 11.6 Å². The van der Waals surface area contributed by atoms with Crippen molar-refractivity contribution in [1.82, 2.24) is 14.5 Å². The number of hydrogen-bond acceptors (Lipinski definition) is 7. The number of ether oxygens (including phenoxy) is 1. The summed E-state index contributed by atoms with van der Waals surface area (Å²) in [5.74, 6) is 0.225. The first-order valence-corrected chi connectivity index (χ1v) is 11.6. The molecule has 0 spiro atoms. The lowest BCUT2D eigenvalue weighted by atomic mass is 10.1. The molecule has 1 N–H and O–H groups in total. The van der Waals surface area contributed by atoms with Gasteiger partial charge < -0.3 is 10.1 Å². The number of benzene rings is 2. The number of piperazine rings is 1. The summed E-state index contributed by atoms with van der Waals surface area (Å²) in [5, 5.41) is 13.8. The Hall–Kier alpha value is -3.02. The molecule has 1 aliphatic heterocycles. The predicted octanol–water partition coefficient (Wildman–Crippen LogP) is 1.65. The lowest BCUT2D eigenvalue weighted by molar-refractivity contribution is -0.385. The highest BCUT2D eigenvalue weighted by Crippen LogP contribution is 2.22. The first kappa shape index (κ1) is 23.6. The number of nitrogens with one attached hydrogen (secondary N) is 1. The van der Waals surface area contributed by atoms with Crippen molar-refractivity contribution in [2.45, 2.75) is 11.8 Å². The molecule has 0 radical (unpaired) electrons. The van der Waals surface area contributed by atoms with E-state index in [9.17, 15) is 23.3 Å². The summed E-state index contributed by atoms with van der Waals surface area (Å²) < 4.78 is 32.2. The average Bonchev–Trinajstić information content (AvgIpc) is 2.79. The van der Waals surface area contributed by atoms with Crippen LogP contribution < -0.4 is 10.1 Å². The van der Waals surface area contributed by atoms with Crippen molar-refractivity contribution in [2.24, 2.45) is 0 Å². The SMILES string of the molecule is COc1ccc(S(=O)(=O)N2CCN(CCNC(=O)c3cccc([N+](=O)[O-])c3C)CC2)cc1. The summed E-state index contributed by atoms with van der Waals surface area (Å²) in [6.45, 7) is 4.25. The highest BCUT2D eigenvalue weighted by atomic mass is 32.2. The van der Waals surface area contributed by atoms with E-state index in [1.807, 2.05) is 0 Å². The van der Waals surface area contributed by atoms with E-state index in [1.54, 1.807) is 25.1 Å². The normalized spacial score (nSPS) is 15.3. The van der Waals surface area contributed by atoms with Gasteiger partial charge in [-0.25, -0.2) is 8.42 Å². The molecule has 1 aliphatic rings. The van der Waals surface area contributed by atoms with E-state index in [4.69, 9.17) is 4.74 Å². The number of methoxy groups -OCH3 is 1. The number of rotatable bonds is 8. The van der Waals surface area contributed by atoms with Gasteiger partial charge >= 0.3 is 0 Å². The van der Waals surface area contributed by atoms with Gasteiger partial charge in [0.15, 0.2) is 0 Å². The highest BCUT2D eigenvalue weighted by molar-refractivity contribution is 7.89. The van der Waals surface area contributed by atoms with Crippen LogP contribution >= 0.6 is 0 Å². The Morgan fingerprint density at radius 1 is 1.12 bits per heavy atom. The fraction of sp³-hybridized carbons (Fsp3) is 0.381. The second-order valence-corrected chi connectivity index (χ2v) is 9.32. The van der Waals surface area contributed by atoms with Gasteiger partial charge in [-0.2, -0.15) is 4.31 Å². The number of hydrogen-bond donors (Lipinski definition) is 1. The van der Waals surface area contributed by atoms with Gasteiger partial charge in [-0.3, -0.25) is 19.8 Å². The van der Waals surface area contributed by atoms with Gasteiger partial charge in [-0.15, -0.1) is 0 Å². The summed E-state index contributed by atoms with van der Waals surface area (Å²) in [4.78, 5) is 25.3. The molecule has 32 heavy (non-hydrogen) atoms. The summed E-state index contributed by atoms with van der Waals surface area (Å²) in [6.07, 6.45) is 0. The Morgan fingerprint density at radius 2 is 1.78 bits per heavy atom. The first-order chi connectivity index (χ1) is 15.2. The van der Waals surface area contributed by atoms with E-state index in [-0.39, 0.29) is 22.1 Å². The maximum absolute atomic E-state index is 12.8. The molecule has 0 unspecified atom stereocenters. The van der Waals surface area contributed by atoms with Gasteiger partial charge in [-0.1, -0.05) is 6.07 Å². The van der Waals surface area contributed by atoms with E-state index in [1.165, 1.54) is 35.7 Å². The molecule has 0 atom stereocenters. The molecule has 1 amide bonds. The minimum atomic E-state index is -3.57. The molecule has 0 saturated carbocycles. The van der Waals surface area contributed by atoms with Crippen LogP contribution in [-0.4, -0.2) is 74.8 Å². The van der Waals surface area contributed by atoms with E-state index >= 15 is 0 Å². The smallest absolute Gasteiger partial charge is 0.273 e. The van der Waals surface area contributed by atoms with Crippen LogP contribution in [0.5, 0.6) is 5.75 Å². The van der Waals surface area contributed by atoms with Gasteiger partial charge in [0.1, 0.15) is 5.75 Å². The van der Waals surface area contributed by atoms with Crippen molar-refractivity contribution in [3.05, 3.63) is 63.7 Å². The summed E-state index contributed by atoms with van der Waals surface area (Å²) in [7, 11) is -2.05. The Labute approximate surface area is 187 Å². The second-order valence-electron chi connectivity index (χ2n) is 7.38. The highest BCUT2D eigenvalue weighted by Gasteiger charge is 2.28. The van der Waals surface area contributed by atoms with Crippen LogP contribution in [0.4, 0.5) is 5.69 Å². The van der Waals surface area contributed by atoms with Crippen molar-refractivity contribution in [3.63, 3.8) is 0 Å². The lowest BCUT2D eigenvalue weighted by Crippen LogP contribution is -2.50. The van der Waals surface area contributed by atoms with Crippen molar-refractivity contribution in [2.75, 3.05) is 46.4 Å². The zero-order chi connectivity index (χ0) is 23.3. The van der Waals surface area contributed by atoms with E-state index in [2.05, 4.69) is 10.2 Å². The number of carbonyl (C=O) groups is 1. The number of nitrogens with zero attached hydrogens (tertiary/aromatic N) is 3. The number of nitro groups is 1. The Morgan fingerprint density at radius 3 is 2.38 bits per heavy atom. The van der Waals surface area contributed by atoms with Gasteiger partial charge in [-0.05, 0) is 37.3 Å². The monoisotopic (exact) mass is 462 g/mol. The van der Waals surface area contributed by atoms with Crippen LogP contribution in [-0.2, 0) is 10.0 Å². The van der Waals surface area contributed by atoms with Crippen molar-refractivity contribution in [1.29, 1.82) is 0 Å². The predicted molar refractivity (Wildman–Crippen MR) is 118 cm³/mol. The molecule has 0 bridgehead atoms. The summed E-state index contributed by atoms with van der Waals surface area (Å²) in [6, 6.07) is 10.7. The minimum absolute atomic E-state index is 0.0909. The Balaban J connectivity index is 1.50. The van der Waals surface area contributed by atoms with Gasteiger partial charge in [0.2, 0.25) is 10.0 Å². The molecule has 2 aromatic rings. The van der Waals surface area contributed by atoms with Crippen LogP contribution in [0.15, 0.2) is 47.4 Å². The van der Waals surface area contributed by atoms with E-state index in [0.29, 0.717) is 50.6 Å². The summed E-state index contributed by atoms with van der Waals surface area (Å²) >= 11 is 0. The third kappa shape index (κ3) is 5.23. The van der Waals surface area contributed by atoms with Gasteiger partial charge in [0, 0.05) is 56.5 Å². The number of nitro benzene ring substituents is 1. The molecule has 172 valence electrons. The molecule has 3 rings (SSSR count). The lowest BCUT2D eigenvalue weighted by Gasteiger charge is -2.34. The van der Waals surface area contributed by atoms with Crippen molar-refractivity contribution < 1.29 is 22.9 Å². The quantitative estimate of drug-likeness (QED) is 0.467. The van der Waals surface area contributed by atoms with Crippen LogP contribution in [0.25, 0.3) is 0 Å². The third-order valence-corrected chi connectivity index (χ3v) is 7.40. The molecule has 1 fully saturated rings. The molecule has 11 heteroatoms. The maximum atomic E-state index is 12.8. The fourth-order valence-corrected chi connectivity index (χ4v) is 5.00. The topological polar surface area (TPSA) is 122 Å². The average molecular weight is 463 g/mol. The number of sulfonamides is 1. The standard InChI is InChI=1S/C21H26N4O6S/c1-16-19(4-3-5-20(16)25(27)28)21(26)22-10-11-23-12-14-24(15-13-23)32(29,30)18-8-6-17(31-2)7-9-18/h3-9H,10-15H2,1-2H3,(H,22,26). The maximum Gasteiger partial charge on any atom is 0.273 e. The van der Waals surface area contributed by atoms with Crippen LogP contribution in [0, 0.1) is 17.0 Å². The summed E-state index contributed by atoms with van der Waals surface area (Å²) in [5.41, 5.74) is 0.508. The van der Waals surface area contributed by atoms with Crippen molar-refractivity contribution in [3.8, 4) is 5.75 Å².